The Morgan fingerprint density at radius 2 is 1.36 bits per heavy atom. The molecule has 2 amide bonds. The van der Waals surface area contributed by atoms with Crippen LogP contribution >= 0.6 is 31.9 Å². The van der Waals surface area contributed by atoms with Gasteiger partial charge in [0.25, 0.3) is 5.91 Å². The second kappa shape index (κ2) is 12.5. The molecule has 7 heteroatoms. The number of rotatable bonds is 10. The van der Waals surface area contributed by atoms with Gasteiger partial charge >= 0.3 is 0 Å². The molecule has 0 bridgehead atoms. The molecule has 36 heavy (non-hydrogen) atoms. The summed E-state index contributed by atoms with van der Waals surface area (Å²) in [7, 11) is 0. The second-order valence-electron chi connectivity index (χ2n) is 8.98. The van der Waals surface area contributed by atoms with Crippen molar-refractivity contribution in [2.24, 2.45) is 0 Å². The van der Waals surface area contributed by atoms with E-state index in [-0.39, 0.29) is 11.8 Å². The van der Waals surface area contributed by atoms with Crippen LogP contribution in [0.4, 0.5) is 0 Å². The highest BCUT2D eigenvalue weighted by Gasteiger charge is 2.34. The fourth-order valence-corrected chi connectivity index (χ4v) is 5.28. The van der Waals surface area contributed by atoms with Crippen molar-refractivity contribution in [1.29, 1.82) is 0 Å². The predicted molar refractivity (Wildman–Crippen MR) is 150 cm³/mol. The van der Waals surface area contributed by atoms with E-state index in [9.17, 15) is 9.59 Å². The van der Waals surface area contributed by atoms with E-state index in [2.05, 4.69) is 49.6 Å². The Labute approximate surface area is 229 Å². The number of nitrogens with one attached hydrogen (secondary N) is 2. The molecule has 0 heterocycles. The maximum Gasteiger partial charge on any atom is 0.269 e. The number of fused-ring (bicyclic) bond motifs is 3. The summed E-state index contributed by atoms with van der Waals surface area (Å²) in [5.74, 6) is -0.464. The van der Waals surface area contributed by atoms with Crippen molar-refractivity contribution in [3.05, 3.63) is 86.3 Å². The molecule has 2 N–H and O–H groups in total. The fourth-order valence-electron chi connectivity index (χ4n) is 4.52. The van der Waals surface area contributed by atoms with Crippen LogP contribution in [0, 0.1) is 0 Å². The van der Waals surface area contributed by atoms with Gasteiger partial charge in [0, 0.05) is 14.5 Å². The van der Waals surface area contributed by atoms with E-state index in [1.807, 2.05) is 36.4 Å². The molecule has 0 unspecified atom stereocenters. The average molecular weight is 614 g/mol. The van der Waals surface area contributed by atoms with Crippen LogP contribution in [0.3, 0.4) is 0 Å². The highest BCUT2D eigenvalue weighted by molar-refractivity contribution is 9.10. The normalized spacial score (nSPS) is 12.1. The Morgan fingerprint density at radius 1 is 0.778 bits per heavy atom. The van der Waals surface area contributed by atoms with E-state index in [1.54, 1.807) is 24.3 Å². The van der Waals surface area contributed by atoms with Crippen LogP contribution in [0.2, 0.25) is 0 Å². The lowest BCUT2D eigenvalue weighted by molar-refractivity contribution is -0.122. The summed E-state index contributed by atoms with van der Waals surface area (Å²) in [6.07, 6.45) is 7.27. The van der Waals surface area contributed by atoms with E-state index in [4.69, 9.17) is 4.74 Å². The number of carbonyl (C=O) groups excluding carboxylic acids is 2. The lowest BCUT2D eigenvalue weighted by Gasteiger charge is -2.15. The Bertz CT molecular complexity index is 1180. The minimum atomic E-state index is -0.525. The summed E-state index contributed by atoms with van der Waals surface area (Å²) in [6.45, 7) is 2.89. The zero-order valence-corrected chi connectivity index (χ0v) is 23.5. The first-order valence-electron chi connectivity index (χ1n) is 12.4. The summed E-state index contributed by atoms with van der Waals surface area (Å²) >= 11 is 7.02. The van der Waals surface area contributed by atoms with Gasteiger partial charge in [0.05, 0.1) is 12.5 Å². The Hall–Kier alpha value is -2.64. The third-order valence-electron chi connectivity index (χ3n) is 6.38. The first kappa shape index (κ1) is 26.4. The van der Waals surface area contributed by atoms with Gasteiger partial charge in [0.1, 0.15) is 5.75 Å². The van der Waals surface area contributed by atoms with Crippen molar-refractivity contribution in [2.75, 3.05) is 6.61 Å². The lowest BCUT2D eigenvalue weighted by atomic mass is 9.96. The van der Waals surface area contributed by atoms with Gasteiger partial charge in [-0.15, -0.1) is 0 Å². The van der Waals surface area contributed by atoms with E-state index >= 15 is 0 Å². The molecule has 5 nitrogen and oxygen atoms in total. The lowest BCUT2D eigenvalue weighted by Crippen LogP contribution is -2.43. The minimum absolute atomic E-state index is 0.293. The van der Waals surface area contributed by atoms with Crippen molar-refractivity contribution in [3.63, 3.8) is 0 Å². The van der Waals surface area contributed by atoms with Gasteiger partial charge in [0.2, 0.25) is 5.91 Å². The Morgan fingerprint density at radius 3 is 1.97 bits per heavy atom. The molecule has 0 spiro atoms. The van der Waals surface area contributed by atoms with Crippen LogP contribution in [0.15, 0.2) is 69.6 Å². The number of halogens is 2. The minimum Gasteiger partial charge on any atom is -0.494 e. The molecule has 0 aliphatic heterocycles. The summed E-state index contributed by atoms with van der Waals surface area (Å²) in [4.78, 5) is 25.9. The molecule has 0 aromatic heterocycles. The van der Waals surface area contributed by atoms with Crippen LogP contribution in [0.1, 0.15) is 72.9 Å². The fraction of sp³-hybridized carbons (Fsp3) is 0.310. The van der Waals surface area contributed by atoms with Crippen molar-refractivity contribution < 1.29 is 14.3 Å². The molecule has 0 saturated heterocycles. The van der Waals surface area contributed by atoms with E-state index in [1.165, 1.54) is 32.1 Å². The Balaban J connectivity index is 1.33. The number of amides is 2. The molecule has 0 saturated carbocycles. The molecule has 3 aromatic rings. The van der Waals surface area contributed by atoms with Gasteiger partial charge in [-0.25, -0.2) is 0 Å². The van der Waals surface area contributed by atoms with Gasteiger partial charge in [-0.1, -0.05) is 83.0 Å². The molecule has 0 atom stereocenters. The molecule has 0 radical (unpaired) electrons. The predicted octanol–water partition coefficient (Wildman–Crippen LogP) is 7.52. The molecule has 188 valence electrons. The van der Waals surface area contributed by atoms with E-state index in [0.717, 1.165) is 43.4 Å². The maximum atomic E-state index is 13.2. The van der Waals surface area contributed by atoms with Crippen molar-refractivity contribution in [1.82, 2.24) is 10.9 Å². The summed E-state index contributed by atoms with van der Waals surface area (Å²) < 4.78 is 7.58. The standard InChI is InChI=1S/C29H30Br2N2O3/c1-2-3-4-5-6-7-16-36-22-12-8-19(9-13-22)28(34)32-33-29(35)27-25-17-20(30)10-14-23(25)24-15-11-21(31)18-26(24)27/h8-15,17-18,27H,2-7,16H2,1H3,(H,32,34)(H,33,35). The second-order valence-corrected chi connectivity index (χ2v) is 10.8. The first-order chi connectivity index (χ1) is 17.5. The van der Waals surface area contributed by atoms with Crippen molar-refractivity contribution in [3.8, 4) is 16.9 Å². The van der Waals surface area contributed by atoms with Gasteiger partial charge in [-0.2, -0.15) is 0 Å². The number of ether oxygens (including phenoxy) is 1. The quantitative estimate of drug-likeness (QED) is 0.183. The molecule has 1 aliphatic rings. The number of carbonyl (C=O) groups is 2. The van der Waals surface area contributed by atoms with Crippen LogP contribution < -0.4 is 15.6 Å². The third kappa shape index (κ3) is 6.37. The van der Waals surface area contributed by atoms with Crippen molar-refractivity contribution >= 4 is 43.7 Å². The van der Waals surface area contributed by atoms with Crippen molar-refractivity contribution in [2.45, 2.75) is 51.4 Å². The SMILES string of the molecule is CCCCCCCCOc1ccc(C(=O)NNC(=O)C2c3cc(Br)ccc3-c3ccc(Br)cc32)cc1. The van der Waals surface area contributed by atoms with Crippen LogP contribution in [-0.4, -0.2) is 18.4 Å². The van der Waals surface area contributed by atoms with Gasteiger partial charge in [0.15, 0.2) is 0 Å². The van der Waals surface area contributed by atoms with Crippen LogP contribution in [0.5, 0.6) is 5.75 Å². The van der Waals surface area contributed by atoms with Crippen LogP contribution in [-0.2, 0) is 4.79 Å². The van der Waals surface area contributed by atoms with Gasteiger partial charge < -0.3 is 4.74 Å². The highest BCUT2D eigenvalue weighted by atomic mass is 79.9. The third-order valence-corrected chi connectivity index (χ3v) is 7.37. The zero-order valence-electron chi connectivity index (χ0n) is 20.3. The maximum absolute atomic E-state index is 13.2. The number of hydrogen-bond acceptors (Lipinski definition) is 3. The summed E-state index contributed by atoms with van der Waals surface area (Å²) in [6, 6.07) is 18.8. The average Bonchev–Trinajstić information content (AvgIpc) is 3.19. The highest BCUT2D eigenvalue weighted by Crippen LogP contribution is 2.46. The number of hydrogen-bond donors (Lipinski definition) is 2. The molecule has 4 rings (SSSR count). The number of unbranched alkanes of at least 4 members (excludes halogenated alkanes) is 5. The topological polar surface area (TPSA) is 67.4 Å². The molecule has 0 fully saturated rings. The largest absolute Gasteiger partial charge is 0.494 e. The molecule has 1 aliphatic carbocycles. The molecular weight excluding hydrogens is 584 g/mol. The smallest absolute Gasteiger partial charge is 0.269 e. The number of benzene rings is 3. The van der Waals surface area contributed by atoms with E-state index in [0.29, 0.717) is 12.2 Å². The number of hydrazine groups is 1. The zero-order chi connectivity index (χ0) is 25.5. The van der Waals surface area contributed by atoms with Gasteiger partial charge in [-0.05, 0) is 77.2 Å². The summed E-state index contributed by atoms with van der Waals surface area (Å²) in [5.41, 5.74) is 9.46. The Kier molecular flexibility index (Phi) is 9.21. The van der Waals surface area contributed by atoms with Crippen LogP contribution in [0.25, 0.3) is 11.1 Å². The van der Waals surface area contributed by atoms with Gasteiger partial charge in [-0.3, -0.25) is 20.4 Å². The molecule has 3 aromatic carbocycles. The van der Waals surface area contributed by atoms with E-state index < -0.39 is 5.92 Å². The summed E-state index contributed by atoms with van der Waals surface area (Å²) in [5, 5.41) is 0. The molecular formula is C29H30Br2N2O3. The monoisotopic (exact) mass is 612 g/mol. The first-order valence-corrected chi connectivity index (χ1v) is 14.0.